The minimum atomic E-state index is -0.234. The Hall–Kier alpha value is -2.15. The van der Waals surface area contributed by atoms with E-state index >= 15 is 0 Å². The van der Waals surface area contributed by atoms with Crippen molar-refractivity contribution in [2.75, 3.05) is 0 Å². The van der Waals surface area contributed by atoms with Gasteiger partial charge < -0.3 is 4.42 Å². The molecule has 2 aromatic heterocycles. The number of rotatable bonds is 5. The maximum absolute atomic E-state index is 11.8. The number of benzene rings is 1. The molecule has 0 aliphatic heterocycles. The molecule has 0 unspecified atom stereocenters. The minimum Gasteiger partial charge on any atom is -0.455 e. The largest absolute Gasteiger partial charge is 0.455 e. The highest BCUT2D eigenvalue weighted by Gasteiger charge is 2.07. The third-order valence-corrected chi connectivity index (χ3v) is 4.90. The Morgan fingerprint density at radius 1 is 1.32 bits per heavy atom. The van der Waals surface area contributed by atoms with E-state index in [1.807, 2.05) is 18.4 Å². The molecule has 0 aliphatic carbocycles. The van der Waals surface area contributed by atoms with Crippen molar-refractivity contribution in [3.8, 4) is 11.3 Å². The first kappa shape index (κ1) is 17.7. The fourth-order valence-corrected chi connectivity index (χ4v) is 3.12. The predicted octanol–water partition coefficient (Wildman–Crippen LogP) is 4.71. The topological polar surface area (TPSA) is 67.5 Å². The van der Waals surface area contributed by atoms with Crippen LogP contribution in [0.3, 0.4) is 0 Å². The molecule has 1 aromatic carbocycles. The quantitative estimate of drug-likeness (QED) is 0.503. The number of carbonyl (C=O) groups excluding carboxylic acids is 1. The van der Waals surface area contributed by atoms with E-state index in [9.17, 15) is 4.79 Å². The normalized spacial score (nSPS) is 11.2. The number of furan rings is 1. The summed E-state index contributed by atoms with van der Waals surface area (Å²) in [6.07, 6.45) is 1.63. The summed E-state index contributed by atoms with van der Waals surface area (Å²) in [6, 6.07) is 8.78. The highest BCUT2D eigenvalue weighted by atomic mass is 35.5. The standard InChI is InChI=1S/C17H13Cl2N3O2S/c1-10-9-25-17(21-10)7-16(23)22-20-8-12-3-5-15(24-12)11-2-4-13(18)14(19)6-11/h2-6,8-9H,7H2,1H3,(H,22,23)/b20-8-. The first-order valence-electron chi connectivity index (χ1n) is 7.29. The molecule has 0 atom stereocenters. The van der Waals surface area contributed by atoms with E-state index < -0.39 is 0 Å². The van der Waals surface area contributed by atoms with Gasteiger partial charge in [0.25, 0.3) is 0 Å². The van der Waals surface area contributed by atoms with Crippen LogP contribution in [0.5, 0.6) is 0 Å². The van der Waals surface area contributed by atoms with Crippen LogP contribution in [0.15, 0.2) is 45.2 Å². The number of nitrogens with one attached hydrogen (secondary N) is 1. The zero-order valence-electron chi connectivity index (χ0n) is 13.1. The molecule has 3 aromatic rings. The van der Waals surface area contributed by atoms with E-state index in [-0.39, 0.29) is 12.3 Å². The lowest BCUT2D eigenvalue weighted by Crippen LogP contribution is -2.19. The molecule has 8 heteroatoms. The van der Waals surface area contributed by atoms with Crippen LogP contribution in [0.25, 0.3) is 11.3 Å². The molecule has 0 bridgehead atoms. The molecule has 0 saturated heterocycles. The number of nitrogens with zero attached hydrogens (tertiary/aromatic N) is 2. The molecule has 0 fully saturated rings. The van der Waals surface area contributed by atoms with E-state index in [1.54, 1.807) is 24.3 Å². The monoisotopic (exact) mass is 393 g/mol. The van der Waals surface area contributed by atoms with Crippen LogP contribution in [0.4, 0.5) is 0 Å². The van der Waals surface area contributed by atoms with Gasteiger partial charge in [-0.25, -0.2) is 10.4 Å². The van der Waals surface area contributed by atoms with Crippen LogP contribution in [-0.4, -0.2) is 17.1 Å². The molecule has 0 saturated carbocycles. The number of hydrogen-bond acceptors (Lipinski definition) is 5. The summed E-state index contributed by atoms with van der Waals surface area (Å²) in [5.74, 6) is 0.901. The van der Waals surface area contributed by atoms with Crippen LogP contribution in [0.1, 0.15) is 16.5 Å². The van der Waals surface area contributed by atoms with Crippen molar-refractivity contribution in [3.05, 3.63) is 62.2 Å². The number of hydrogen-bond donors (Lipinski definition) is 1. The molecule has 0 spiro atoms. The average Bonchev–Trinajstić information content (AvgIpc) is 3.19. The third kappa shape index (κ3) is 4.69. The first-order chi connectivity index (χ1) is 12.0. The summed E-state index contributed by atoms with van der Waals surface area (Å²) in [7, 11) is 0. The van der Waals surface area contributed by atoms with Gasteiger partial charge in [0.05, 0.1) is 22.7 Å². The van der Waals surface area contributed by atoms with Crippen molar-refractivity contribution in [1.82, 2.24) is 10.4 Å². The fourth-order valence-electron chi connectivity index (χ4n) is 2.06. The van der Waals surface area contributed by atoms with E-state index in [1.165, 1.54) is 17.6 Å². The molecular formula is C17H13Cl2N3O2S. The van der Waals surface area contributed by atoms with Crippen LogP contribution in [0, 0.1) is 6.92 Å². The zero-order chi connectivity index (χ0) is 17.8. The lowest BCUT2D eigenvalue weighted by atomic mass is 10.2. The van der Waals surface area contributed by atoms with Gasteiger partial charge in [-0.1, -0.05) is 23.2 Å². The number of aryl methyl sites for hydroxylation is 1. The average molecular weight is 394 g/mol. The van der Waals surface area contributed by atoms with Crippen LogP contribution < -0.4 is 5.43 Å². The van der Waals surface area contributed by atoms with Crippen molar-refractivity contribution in [1.29, 1.82) is 0 Å². The molecule has 0 aliphatic rings. The van der Waals surface area contributed by atoms with Gasteiger partial charge in [0.2, 0.25) is 5.91 Å². The molecule has 1 N–H and O–H groups in total. The van der Waals surface area contributed by atoms with Gasteiger partial charge in [0.15, 0.2) is 0 Å². The van der Waals surface area contributed by atoms with Gasteiger partial charge in [-0.05, 0) is 37.3 Å². The molecule has 0 radical (unpaired) electrons. The molecule has 1 amide bonds. The molecule has 5 nitrogen and oxygen atoms in total. The van der Waals surface area contributed by atoms with Crippen molar-refractivity contribution in [3.63, 3.8) is 0 Å². The Morgan fingerprint density at radius 2 is 2.16 bits per heavy atom. The van der Waals surface area contributed by atoms with Gasteiger partial charge in [0.1, 0.15) is 16.5 Å². The molecule has 3 rings (SSSR count). The van der Waals surface area contributed by atoms with E-state index in [4.69, 9.17) is 27.6 Å². The second kappa shape index (κ2) is 7.82. The van der Waals surface area contributed by atoms with Crippen LogP contribution in [0.2, 0.25) is 10.0 Å². The maximum atomic E-state index is 11.8. The Kier molecular flexibility index (Phi) is 5.53. The minimum absolute atomic E-state index is 0.197. The number of hydrazone groups is 1. The zero-order valence-corrected chi connectivity index (χ0v) is 15.5. The van der Waals surface area contributed by atoms with Crippen molar-refractivity contribution < 1.29 is 9.21 Å². The maximum Gasteiger partial charge on any atom is 0.246 e. The van der Waals surface area contributed by atoms with E-state index in [0.29, 0.717) is 21.6 Å². The van der Waals surface area contributed by atoms with Crippen LogP contribution >= 0.6 is 34.5 Å². The molecule has 25 heavy (non-hydrogen) atoms. The summed E-state index contributed by atoms with van der Waals surface area (Å²) >= 11 is 13.4. The van der Waals surface area contributed by atoms with Crippen molar-refractivity contribution in [2.45, 2.75) is 13.3 Å². The lowest BCUT2D eigenvalue weighted by Gasteiger charge is -1.99. The predicted molar refractivity (Wildman–Crippen MR) is 100 cm³/mol. The number of thiazole rings is 1. The second-order valence-electron chi connectivity index (χ2n) is 5.18. The van der Waals surface area contributed by atoms with Gasteiger partial charge in [-0.3, -0.25) is 4.79 Å². The van der Waals surface area contributed by atoms with Gasteiger partial charge in [-0.15, -0.1) is 11.3 Å². The third-order valence-electron chi connectivity index (χ3n) is 3.19. The lowest BCUT2D eigenvalue weighted by molar-refractivity contribution is -0.120. The fraction of sp³-hybridized carbons (Fsp3) is 0.118. The van der Waals surface area contributed by atoms with E-state index in [0.717, 1.165) is 16.3 Å². The summed E-state index contributed by atoms with van der Waals surface area (Å²) in [5, 5.41) is 7.49. The number of carbonyl (C=O) groups is 1. The molecular weight excluding hydrogens is 381 g/mol. The Morgan fingerprint density at radius 3 is 2.88 bits per heavy atom. The number of halogens is 2. The smallest absolute Gasteiger partial charge is 0.246 e. The Labute approximate surface area is 158 Å². The highest BCUT2D eigenvalue weighted by Crippen LogP contribution is 2.29. The van der Waals surface area contributed by atoms with E-state index in [2.05, 4.69) is 15.5 Å². The van der Waals surface area contributed by atoms with Gasteiger partial charge in [0, 0.05) is 16.6 Å². The number of aromatic nitrogens is 1. The molecule has 128 valence electrons. The Balaban J connectivity index is 1.59. The molecule has 2 heterocycles. The number of amides is 1. The first-order valence-corrected chi connectivity index (χ1v) is 8.93. The highest BCUT2D eigenvalue weighted by molar-refractivity contribution is 7.09. The summed E-state index contributed by atoms with van der Waals surface area (Å²) in [4.78, 5) is 16.0. The van der Waals surface area contributed by atoms with Gasteiger partial charge in [-0.2, -0.15) is 5.10 Å². The summed E-state index contributed by atoms with van der Waals surface area (Å²) in [5.41, 5.74) is 4.16. The SMILES string of the molecule is Cc1csc(CC(=O)N/N=C\c2ccc(-c3ccc(Cl)c(Cl)c3)o2)n1. The Bertz CT molecular complexity index is 934. The van der Waals surface area contributed by atoms with Crippen molar-refractivity contribution >= 4 is 46.7 Å². The van der Waals surface area contributed by atoms with Crippen LogP contribution in [-0.2, 0) is 11.2 Å². The summed E-state index contributed by atoms with van der Waals surface area (Å²) in [6.45, 7) is 1.89. The van der Waals surface area contributed by atoms with Gasteiger partial charge >= 0.3 is 0 Å². The van der Waals surface area contributed by atoms with Crippen molar-refractivity contribution in [2.24, 2.45) is 5.10 Å². The second-order valence-corrected chi connectivity index (χ2v) is 6.94. The summed E-state index contributed by atoms with van der Waals surface area (Å²) < 4.78 is 5.66.